The van der Waals surface area contributed by atoms with Crippen molar-refractivity contribution in [3.05, 3.63) is 68.6 Å². The lowest BCUT2D eigenvalue weighted by atomic mass is 9.85. The third-order valence-electron chi connectivity index (χ3n) is 5.68. The van der Waals surface area contributed by atoms with Gasteiger partial charge < -0.3 is 19.7 Å². The highest BCUT2D eigenvalue weighted by Gasteiger charge is 2.46. The van der Waals surface area contributed by atoms with Crippen LogP contribution in [0.15, 0.2) is 40.7 Å². The van der Waals surface area contributed by atoms with Crippen molar-refractivity contribution in [2.75, 3.05) is 5.32 Å². The van der Waals surface area contributed by atoms with E-state index in [1.165, 1.54) is 0 Å². The number of fused-ring (bicyclic) bond motifs is 5. The molecule has 132 valence electrons. The minimum Gasteiger partial charge on any atom is -0.458 e. The molecule has 1 aromatic heterocycles. The molecule has 1 aromatic carbocycles. The summed E-state index contributed by atoms with van der Waals surface area (Å²) in [6, 6.07) is 9.64. The van der Waals surface area contributed by atoms with Crippen molar-refractivity contribution in [3.8, 4) is 0 Å². The Morgan fingerprint density at radius 1 is 1.35 bits per heavy atom. The molecule has 6 nitrogen and oxygen atoms in total. The molecule has 26 heavy (non-hydrogen) atoms. The third kappa shape index (κ3) is 1.85. The fourth-order valence-electron chi connectivity index (χ4n) is 4.19. The molecule has 5 rings (SSSR count). The van der Waals surface area contributed by atoms with E-state index in [-0.39, 0.29) is 24.6 Å². The van der Waals surface area contributed by atoms with Gasteiger partial charge >= 0.3 is 5.97 Å². The zero-order valence-corrected chi connectivity index (χ0v) is 14.3. The fourth-order valence-corrected chi connectivity index (χ4v) is 4.19. The van der Waals surface area contributed by atoms with Crippen LogP contribution in [-0.4, -0.2) is 15.6 Å². The lowest BCUT2D eigenvalue weighted by molar-refractivity contribution is -0.172. The number of esters is 1. The lowest BCUT2D eigenvalue weighted by Gasteiger charge is -2.32. The molecule has 2 atom stereocenters. The fraction of sp³-hybridized carbons (Fsp3) is 0.300. The molecule has 2 unspecified atom stereocenters. The second-order valence-electron chi connectivity index (χ2n) is 7.03. The number of benzene rings is 1. The van der Waals surface area contributed by atoms with Crippen LogP contribution in [0.25, 0.3) is 6.08 Å². The first-order valence-corrected chi connectivity index (χ1v) is 8.75. The van der Waals surface area contributed by atoms with Crippen LogP contribution >= 0.6 is 0 Å². The third-order valence-corrected chi connectivity index (χ3v) is 5.68. The molecule has 2 N–H and O–H groups in total. The molecule has 0 aliphatic carbocycles. The standard InChI is InChI=1S/C20H18N2O4/c1-2-20(25)14-8-16-17-12(7-11-5-3-4-6-15(11)21-17)9-22(16)18(23)13(14)10-26-19(20)24/h3-8,17,21,25H,2,9-10H2,1H3. The summed E-state index contributed by atoms with van der Waals surface area (Å²) in [5.74, 6) is -0.687. The van der Waals surface area contributed by atoms with Gasteiger partial charge in [0.25, 0.3) is 5.56 Å². The number of anilines is 1. The van der Waals surface area contributed by atoms with E-state index in [0.29, 0.717) is 17.7 Å². The number of pyridine rings is 1. The molecular weight excluding hydrogens is 332 g/mol. The number of nitrogens with zero attached hydrogens (tertiary/aromatic N) is 1. The van der Waals surface area contributed by atoms with Gasteiger partial charge in [0.05, 0.1) is 11.6 Å². The van der Waals surface area contributed by atoms with E-state index in [1.54, 1.807) is 17.6 Å². The van der Waals surface area contributed by atoms with Crippen molar-refractivity contribution in [1.29, 1.82) is 0 Å². The average molecular weight is 350 g/mol. The van der Waals surface area contributed by atoms with Crippen molar-refractivity contribution in [2.45, 2.75) is 38.1 Å². The van der Waals surface area contributed by atoms with Crippen molar-refractivity contribution in [3.63, 3.8) is 0 Å². The van der Waals surface area contributed by atoms with Crippen LogP contribution in [0.1, 0.15) is 41.8 Å². The molecule has 3 aliphatic heterocycles. The molecule has 2 aromatic rings. The first kappa shape index (κ1) is 15.4. The summed E-state index contributed by atoms with van der Waals surface area (Å²) in [7, 11) is 0. The minimum absolute atomic E-state index is 0.0903. The predicted octanol–water partition coefficient (Wildman–Crippen LogP) is 2.07. The van der Waals surface area contributed by atoms with Gasteiger partial charge in [-0.05, 0) is 35.8 Å². The number of aromatic nitrogens is 1. The van der Waals surface area contributed by atoms with Gasteiger partial charge in [-0.15, -0.1) is 0 Å². The summed E-state index contributed by atoms with van der Waals surface area (Å²) in [5, 5.41) is 14.3. The Morgan fingerprint density at radius 2 is 2.15 bits per heavy atom. The number of nitrogens with one attached hydrogen (secondary N) is 1. The predicted molar refractivity (Wildman–Crippen MR) is 95.5 cm³/mol. The first-order chi connectivity index (χ1) is 12.5. The highest BCUT2D eigenvalue weighted by atomic mass is 16.6. The molecule has 0 spiro atoms. The maximum absolute atomic E-state index is 13.0. The Hall–Kier alpha value is -2.86. The van der Waals surface area contributed by atoms with Gasteiger partial charge in [-0.1, -0.05) is 25.1 Å². The topological polar surface area (TPSA) is 80.6 Å². The van der Waals surface area contributed by atoms with Crippen molar-refractivity contribution < 1.29 is 14.6 Å². The van der Waals surface area contributed by atoms with Gasteiger partial charge in [0.15, 0.2) is 5.60 Å². The van der Waals surface area contributed by atoms with Gasteiger partial charge in [-0.25, -0.2) is 4.79 Å². The monoisotopic (exact) mass is 350 g/mol. The van der Waals surface area contributed by atoms with Crippen LogP contribution in [-0.2, 0) is 28.3 Å². The molecule has 3 aliphatic rings. The SMILES string of the molecule is CCC1(O)C(=O)OCc2c1cc1n(c2=O)CC2=Cc3ccccc3NC21. The van der Waals surface area contributed by atoms with Crippen LogP contribution < -0.4 is 10.9 Å². The smallest absolute Gasteiger partial charge is 0.343 e. The number of aliphatic hydroxyl groups is 1. The number of hydrogen-bond acceptors (Lipinski definition) is 5. The van der Waals surface area contributed by atoms with Crippen molar-refractivity contribution >= 4 is 17.7 Å². The number of rotatable bonds is 1. The Kier molecular flexibility index (Phi) is 3.01. The molecule has 0 radical (unpaired) electrons. The Labute approximate surface area is 149 Å². The molecule has 4 heterocycles. The Bertz CT molecular complexity index is 1050. The molecule has 0 amide bonds. The van der Waals surface area contributed by atoms with E-state index in [4.69, 9.17) is 4.74 Å². The van der Waals surface area contributed by atoms with E-state index in [1.807, 2.05) is 24.3 Å². The van der Waals surface area contributed by atoms with E-state index < -0.39 is 11.6 Å². The lowest BCUT2D eigenvalue weighted by Crippen LogP contribution is -2.44. The zero-order chi connectivity index (χ0) is 18.1. The van der Waals surface area contributed by atoms with Gasteiger partial charge in [0.1, 0.15) is 6.61 Å². The van der Waals surface area contributed by atoms with E-state index in [2.05, 4.69) is 11.4 Å². The molecule has 0 saturated heterocycles. The number of cyclic esters (lactones) is 1. The van der Waals surface area contributed by atoms with Gasteiger partial charge in [0.2, 0.25) is 0 Å². The largest absolute Gasteiger partial charge is 0.458 e. The first-order valence-electron chi connectivity index (χ1n) is 8.75. The van der Waals surface area contributed by atoms with Gasteiger partial charge in [0, 0.05) is 23.5 Å². The summed E-state index contributed by atoms with van der Waals surface area (Å²) in [4.78, 5) is 25.2. The maximum Gasteiger partial charge on any atom is 0.343 e. The van der Waals surface area contributed by atoms with Crippen LogP contribution in [0.5, 0.6) is 0 Å². The second-order valence-corrected chi connectivity index (χ2v) is 7.03. The average Bonchev–Trinajstić information content (AvgIpc) is 3.01. The number of carbonyl (C=O) groups excluding carboxylic acids is 1. The highest BCUT2D eigenvalue weighted by Crippen LogP contribution is 2.42. The van der Waals surface area contributed by atoms with Crippen LogP contribution in [0.2, 0.25) is 0 Å². The summed E-state index contributed by atoms with van der Waals surface area (Å²) >= 11 is 0. The van der Waals surface area contributed by atoms with Gasteiger partial charge in [-0.3, -0.25) is 4.79 Å². The Morgan fingerprint density at radius 3 is 2.96 bits per heavy atom. The molecular formula is C20H18N2O4. The minimum atomic E-state index is -1.76. The van der Waals surface area contributed by atoms with Crippen molar-refractivity contribution in [2.24, 2.45) is 0 Å². The zero-order valence-electron chi connectivity index (χ0n) is 14.3. The number of ether oxygens (including phenoxy) is 1. The summed E-state index contributed by atoms with van der Waals surface area (Å²) in [6.45, 7) is 2.11. The maximum atomic E-state index is 13.0. The molecule has 0 fully saturated rings. The van der Waals surface area contributed by atoms with Crippen molar-refractivity contribution in [1.82, 2.24) is 4.57 Å². The molecule has 0 bridgehead atoms. The summed E-state index contributed by atoms with van der Waals surface area (Å²) < 4.78 is 6.80. The van der Waals surface area contributed by atoms with E-state index >= 15 is 0 Å². The number of hydrogen-bond donors (Lipinski definition) is 2. The summed E-state index contributed by atoms with van der Waals surface area (Å²) in [5.41, 5.74) is 2.76. The number of carbonyl (C=O) groups is 1. The molecule has 0 saturated carbocycles. The summed E-state index contributed by atoms with van der Waals surface area (Å²) in [6.07, 6.45) is 2.26. The van der Waals surface area contributed by atoms with Gasteiger partial charge in [-0.2, -0.15) is 0 Å². The van der Waals surface area contributed by atoms with E-state index in [0.717, 1.165) is 22.5 Å². The Balaban J connectivity index is 1.71. The van der Waals surface area contributed by atoms with Crippen LogP contribution in [0.4, 0.5) is 5.69 Å². The quantitative estimate of drug-likeness (QED) is 0.770. The second kappa shape index (κ2) is 5.08. The van der Waals surface area contributed by atoms with Crippen LogP contribution in [0.3, 0.4) is 0 Å². The molecule has 6 heteroatoms. The highest BCUT2D eigenvalue weighted by molar-refractivity contribution is 5.83. The van der Waals surface area contributed by atoms with E-state index in [9.17, 15) is 14.7 Å². The number of para-hydroxylation sites is 1. The van der Waals surface area contributed by atoms with Crippen LogP contribution in [0, 0.1) is 0 Å². The normalized spacial score (nSPS) is 25.2.